The van der Waals surface area contributed by atoms with Gasteiger partial charge in [-0.3, -0.25) is 4.79 Å². The van der Waals surface area contributed by atoms with Crippen LogP contribution in [0.4, 0.5) is 0 Å². The minimum Gasteiger partial charge on any atom is -0.340 e. The number of carbonyl (C=O) groups excluding carboxylic acids is 1. The molecule has 1 fully saturated rings. The first-order chi connectivity index (χ1) is 11.7. The molecule has 0 aliphatic carbocycles. The average Bonchev–Trinajstić information content (AvgIpc) is 3.23. The number of halogens is 1. The van der Waals surface area contributed by atoms with Crippen molar-refractivity contribution >= 4 is 18.3 Å². The van der Waals surface area contributed by atoms with Gasteiger partial charge in [-0.15, -0.1) is 17.5 Å². The van der Waals surface area contributed by atoms with E-state index in [4.69, 9.17) is 0 Å². The highest BCUT2D eigenvalue weighted by molar-refractivity contribution is 5.85. The van der Waals surface area contributed by atoms with E-state index in [9.17, 15) is 4.79 Å². The quantitative estimate of drug-likeness (QED) is 0.835. The summed E-state index contributed by atoms with van der Waals surface area (Å²) in [6.07, 6.45) is 1.64. The van der Waals surface area contributed by atoms with Crippen molar-refractivity contribution in [2.45, 2.75) is 25.8 Å². The Balaban J connectivity index is 0.00000225. The molecule has 3 rings (SSSR count). The van der Waals surface area contributed by atoms with E-state index in [1.165, 1.54) is 0 Å². The van der Waals surface area contributed by atoms with Crippen LogP contribution < -0.4 is 5.32 Å². The predicted octanol–water partition coefficient (Wildman–Crippen LogP) is 1.26. The lowest BCUT2D eigenvalue weighted by Crippen LogP contribution is -2.38. The second kappa shape index (κ2) is 8.92. The van der Waals surface area contributed by atoms with Crippen LogP contribution in [-0.4, -0.2) is 57.7 Å². The number of hydrogen-bond acceptors (Lipinski definition) is 5. The van der Waals surface area contributed by atoms with Gasteiger partial charge in [0, 0.05) is 19.5 Å². The Kier molecular flexibility index (Phi) is 6.90. The molecule has 25 heavy (non-hydrogen) atoms. The molecule has 2 aromatic rings. The molecule has 8 heteroatoms. The lowest BCUT2D eigenvalue weighted by Gasteiger charge is -2.24. The van der Waals surface area contributed by atoms with Crippen LogP contribution in [0.2, 0.25) is 0 Å². The molecule has 0 spiro atoms. The fourth-order valence-corrected chi connectivity index (χ4v) is 3.34. The average molecular weight is 365 g/mol. The first-order valence-electron chi connectivity index (χ1n) is 8.41. The lowest BCUT2D eigenvalue weighted by atomic mass is 10.0. The number of nitrogens with zero attached hydrogens (tertiary/aromatic N) is 5. The summed E-state index contributed by atoms with van der Waals surface area (Å²) in [6.45, 7) is 4.37. The van der Waals surface area contributed by atoms with Crippen LogP contribution in [0.15, 0.2) is 30.3 Å². The van der Waals surface area contributed by atoms with E-state index >= 15 is 0 Å². The van der Waals surface area contributed by atoms with Gasteiger partial charge >= 0.3 is 0 Å². The summed E-state index contributed by atoms with van der Waals surface area (Å²) in [6, 6.07) is 9.63. The number of carbonyl (C=O) groups is 1. The van der Waals surface area contributed by atoms with Crippen molar-refractivity contribution in [3.05, 3.63) is 41.7 Å². The van der Waals surface area contributed by atoms with Gasteiger partial charge < -0.3 is 10.2 Å². The number of nitrogens with one attached hydrogen (secondary N) is 1. The molecule has 0 radical (unpaired) electrons. The Morgan fingerprint density at radius 1 is 1.36 bits per heavy atom. The van der Waals surface area contributed by atoms with E-state index in [1.54, 1.807) is 4.68 Å². The van der Waals surface area contributed by atoms with Gasteiger partial charge in [-0.25, -0.2) is 4.68 Å². The molecule has 7 nitrogen and oxygen atoms in total. The van der Waals surface area contributed by atoms with E-state index in [0.29, 0.717) is 18.2 Å². The highest BCUT2D eigenvalue weighted by Gasteiger charge is 2.33. The minimum absolute atomic E-state index is 0. The zero-order chi connectivity index (χ0) is 16.9. The lowest BCUT2D eigenvalue weighted by molar-refractivity contribution is -0.134. The SMILES string of the molecule is CNCC1CCN(C(=O)C(Cc2ccccc2)n2nnnc2C)C1.Cl. The van der Waals surface area contributed by atoms with Crippen LogP contribution in [-0.2, 0) is 11.2 Å². The van der Waals surface area contributed by atoms with E-state index in [1.807, 2.05) is 49.2 Å². The van der Waals surface area contributed by atoms with Crippen molar-refractivity contribution in [1.82, 2.24) is 30.4 Å². The van der Waals surface area contributed by atoms with E-state index in [0.717, 1.165) is 31.6 Å². The van der Waals surface area contributed by atoms with Crippen LogP contribution in [0.5, 0.6) is 0 Å². The molecular formula is C17H25ClN6O. The first kappa shape index (κ1) is 19.3. The molecule has 2 heterocycles. The van der Waals surface area contributed by atoms with E-state index < -0.39 is 6.04 Å². The number of aromatic nitrogens is 4. The molecule has 0 bridgehead atoms. The van der Waals surface area contributed by atoms with Crippen molar-refractivity contribution in [2.24, 2.45) is 5.92 Å². The third-order valence-corrected chi connectivity index (χ3v) is 4.60. The molecule has 1 aromatic carbocycles. The highest BCUT2D eigenvalue weighted by Crippen LogP contribution is 2.22. The van der Waals surface area contributed by atoms with Crippen LogP contribution in [0.25, 0.3) is 0 Å². The zero-order valence-electron chi connectivity index (χ0n) is 14.6. The van der Waals surface area contributed by atoms with Crippen molar-refractivity contribution in [2.75, 3.05) is 26.7 Å². The molecule has 0 saturated carbocycles. The molecule has 1 aliphatic rings. The summed E-state index contributed by atoms with van der Waals surface area (Å²) in [5.41, 5.74) is 1.11. The van der Waals surface area contributed by atoms with Crippen LogP contribution in [0.1, 0.15) is 23.9 Å². The molecule has 1 amide bonds. The van der Waals surface area contributed by atoms with Gasteiger partial charge in [-0.2, -0.15) is 0 Å². The number of amides is 1. The fourth-order valence-electron chi connectivity index (χ4n) is 3.34. The first-order valence-corrected chi connectivity index (χ1v) is 8.41. The third-order valence-electron chi connectivity index (χ3n) is 4.60. The van der Waals surface area contributed by atoms with Gasteiger partial charge in [0.1, 0.15) is 11.9 Å². The van der Waals surface area contributed by atoms with Crippen LogP contribution >= 0.6 is 12.4 Å². The number of likely N-dealkylation sites (tertiary alicyclic amines) is 1. The second-order valence-corrected chi connectivity index (χ2v) is 6.37. The Hall–Kier alpha value is -1.99. The summed E-state index contributed by atoms with van der Waals surface area (Å²) in [5, 5.41) is 14.9. The van der Waals surface area contributed by atoms with E-state index in [-0.39, 0.29) is 18.3 Å². The Bertz CT molecular complexity index is 677. The van der Waals surface area contributed by atoms with Gasteiger partial charge in [-0.1, -0.05) is 30.3 Å². The maximum absolute atomic E-state index is 13.1. The number of hydrogen-bond donors (Lipinski definition) is 1. The minimum atomic E-state index is -0.393. The summed E-state index contributed by atoms with van der Waals surface area (Å²) < 4.78 is 1.65. The normalized spacial score (nSPS) is 18.0. The maximum atomic E-state index is 13.1. The summed E-state index contributed by atoms with van der Waals surface area (Å²) in [7, 11) is 1.95. The molecule has 1 aromatic heterocycles. The topological polar surface area (TPSA) is 75.9 Å². The number of tetrazole rings is 1. The molecule has 2 unspecified atom stereocenters. The fraction of sp³-hybridized carbons (Fsp3) is 0.529. The summed E-state index contributed by atoms with van der Waals surface area (Å²) >= 11 is 0. The summed E-state index contributed by atoms with van der Waals surface area (Å²) in [5.74, 6) is 1.29. The van der Waals surface area contributed by atoms with Crippen LogP contribution in [0.3, 0.4) is 0 Å². The highest BCUT2D eigenvalue weighted by atomic mass is 35.5. The Morgan fingerprint density at radius 2 is 2.12 bits per heavy atom. The molecule has 136 valence electrons. The molecule has 1 N–H and O–H groups in total. The monoisotopic (exact) mass is 364 g/mol. The molecule has 2 atom stereocenters. The molecule has 1 aliphatic heterocycles. The number of aryl methyl sites for hydroxylation is 1. The van der Waals surface area contributed by atoms with E-state index in [2.05, 4.69) is 20.8 Å². The Morgan fingerprint density at radius 3 is 2.76 bits per heavy atom. The zero-order valence-corrected chi connectivity index (χ0v) is 15.4. The van der Waals surface area contributed by atoms with Gasteiger partial charge in [0.15, 0.2) is 0 Å². The maximum Gasteiger partial charge on any atom is 0.247 e. The number of benzene rings is 1. The third kappa shape index (κ3) is 4.55. The standard InChI is InChI=1S/C17H24N6O.ClH/c1-13-19-20-21-23(13)16(10-14-6-4-3-5-7-14)17(24)22-9-8-15(12-22)11-18-2;/h3-7,15-16,18H,8-12H2,1-2H3;1H. The van der Waals surface area contributed by atoms with Gasteiger partial charge in [-0.05, 0) is 48.8 Å². The summed E-state index contributed by atoms with van der Waals surface area (Å²) in [4.78, 5) is 15.1. The smallest absolute Gasteiger partial charge is 0.247 e. The number of rotatable bonds is 6. The largest absolute Gasteiger partial charge is 0.340 e. The van der Waals surface area contributed by atoms with Gasteiger partial charge in [0.25, 0.3) is 0 Å². The van der Waals surface area contributed by atoms with Crippen molar-refractivity contribution in [1.29, 1.82) is 0 Å². The van der Waals surface area contributed by atoms with Gasteiger partial charge in [0.05, 0.1) is 0 Å². The van der Waals surface area contributed by atoms with Crippen molar-refractivity contribution < 1.29 is 4.79 Å². The predicted molar refractivity (Wildman–Crippen MR) is 97.6 cm³/mol. The Labute approximate surface area is 154 Å². The molecule has 1 saturated heterocycles. The molecular weight excluding hydrogens is 340 g/mol. The van der Waals surface area contributed by atoms with Gasteiger partial charge in [0.2, 0.25) is 5.91 Å². The van der Waals surface area contributed by atoms with Crippen molar-refractivity contribution in [3.63, 3.8) is 0 Å². The van der Waals surface area contributed by atoms with Crippen molar-refractivity contribution in [3.8, 4) is 0 Å². The second-order valence-electron chi connectivity index (χ2n) is 6.37. The van der Waals surface area contributed by atoms with Crippen LogP contribution in [0, 0.1) is 12.8 Å².